The van der Waals surface area contributed by atoms with Gasteiger partial charge in [-0.05, 0) is 24.6 Å². The number of nitrogens with zero attached hydrogens (tertiary/aromatic N) is 3. The molecule has 0 aliphatic heterocycles. The van der Waals surface area contributed by atoms with E-state index in [0.29, 0.717) is 0 Å². The van der Waals surface area contributed by atoms with Crippen LogP contribution in [0.25, 0.3) is 10.4 Å². The molecule has 1 aromatic carbocycles. The highest BCUT2D eigenvalue weighted by molar-refractivity contribution is 6.30. The van der Waals surface area contributed by atoms with Crippen LogP contribution in [0.4, 0.5) is 4.39 Å². The third-order valence-electron chi connectivity index (χ3n) is 2.42. The van der Waals surface area contributed by atoms with Crippen molar-refractivity contribution in [3.63, 3.8) is 0 Å². The average molecular weight is 301 g/mol. The zero-order chi connectivity index (χ0) is 15.0. The monoisotopic (exact) mass is 300 g/mol. The number of carbonyl (C=O) groups is 1. The normalized spacial score (nSPS) is 11.6. The van der Waals surface area contributed by atoms with E-state index in [4.69, 9.17) is 21.9 Å². The van der Waals surface area contributed by atoms with Crippen LogP contribution in [-0.4, -0.2) is 25.7 Å². The van der Waals surface area contributed by atoms with Gasteiger partial charge in [0.25, 0.3) is 0 Å². The number of azide groups is 1. The number of benzene rings is 1. The van der Waals surface area contributed by atoms with Crippen LogP contribution in [0.15, 0.2) is 23.3 Å². The molecular weight excluding hydrogens is 287 g/mol. The van der Waals surface area contributed by atoms with Gasteiger partial charge in [0.15, 0.2) is 0 Å². The minimum absolute atomic E-state index is 0.133. The Kier molecular flexibility index (Phi) is 6.79. The molecule has 0 aliphatic carbocycles. The van der Waals surface area contributed by atoms with Gasteiger partial charge in [0.2, 0.25) is 0 Å². The fraction of sp³-hybridized carbons (Fsp3) is 0.417. The predicted molar refractivity (Wildman–Crippen MR) is 72.8 cm³/mol. The van der Waals surface area contributed by atoms with E-state index in [1.165, 1.54) is 12.1 Å². The summed E-state index contributed by atoms with van der Waals surface area (Å²) in [5.41, 5.74) is 8.31. The molecule has 0 saturated carbocycles. The van der Waals surface area contributed by atoms with E-state index in [9.17, 15) is 9.18 Å². The van der Waals surface area contributed by atoms with Gasteiger partial charge in [-0.2, -0.15) is 0 Å². The number of halogens is 2. The highest BCUT2D eigenvalue weighted by atomic mass is 35.5. The molecule has 0 heterocycles. The molecule has 108 valence electrons. The summed E-state index contributed by atoms with van der Waals surface area (Å²) in [6, 6.07) is 3.06. The second-order valence-corrected chi connectivity index (χ2v) is 4.20. The molecule has 0 aromatic heterocycles. The SMILES string of the molecule is CCOC(=O)C(NCCN=[N+]=[N-])c1ccc(Cl)cc1F. The summed E-state index contributed by atoms with van der Waals surface area (Å²) in [6.45, 7) is 2.20. The van der Waals surface area contributed by atoms with Gasteiger partial charge in [-0.25, -0.2) is 9.18 Å². The zero-order valence-corrected chi connectivity index (χ0v) is 11.6. The first-order valence-corrected chi connectivity index (χ1v) is 6.33. The Morgan fingerprint density at radius 2 is 2.40 bits per heavy atom. The summed E-state index contributed by atoms with van der Waals surface area (Å²) in [6.07, 6.45) is 0. The molecule has 0 bridgehead atoms. The smallest absolute Gasteiger partial charge is 0.327 e. The van der Waals surface area contributed by atoms with Crippen molar-refractivity contribution in [3.05, 3.63) is 45.0 Å². The largest absolute Gasteiger partial charge is 0.465 e. The van der Waals surface area contributed by atoms with E-state index in [0.717, 1.165) is 6.07 Å². The average Bonchev–Trinajstić information content (AvgIpc) is 2.40. The lowest BCUT2D eigenvalue weighted by Crippen LogP contribution is -2.32. The highest BCUT2D eigenvalue weighted by Gasteiger charge is 2.24. The molecule has 0 fully saturated rings. The lowest BCUT2D eigenvalue weighted by molar-refractivity contribution is -0.145. The molecule has 0 spiro atoms. The Labute approximate surface area is 120 Å². The van der Waals surface area contributed by atoms with Gasteiger partial charge in [0.05, 0.1) is 6.61 Å². The molecule has 0 saturated heterocycles. The summed E-state index contributed by atoms with van der Waals surface area (Å²) >= 11 is 5.68. The molecule has 1 unspecified atom stereocenters. The first-order chi connectivity index (χ1) is 9.60. The number of hydrogen-bond acceptors (Lipinski definition) is 4. The lowest BCUT2D eigenvalue weighted by atomic mass is 10.1. The lowest BCUT2D eigenvalue weighted by Gasteiger charge is -2.17. The van der Waals surface area contributed by atoms with Crippen molar-refractivity contribution in [1.82, 2.24) is 5.32 Å². The number of esters is 1. The summed E-state index contributed by atoms with van der Waals surface area (Å²) in [7, 11) is 0. The van der Waals surface area contributed by atoms with Crippen molar-refractivity contribution in [2.24, 2.45) is 5.11 Å². The standard InChI is InChI=1S/C12H14ClFN4O2/c1-2-20-12(19)11(16-5-6-17-18-15)9-4-3-8(13)7-10(9)14/h3-4,7,11,16H,2,5-6H2,1H3. The van der Waals surface area contributed by atoms with E-state index in [-0.39, 0.29) is 30.3 Å². The number of nitrogens with one attached hydrogen (secondary N) is 1. The van der Waals surface area contributed by atoms with Crippen molar-refractivity contribution < 1.29 is 13.9 Å². The highest BCUT2D eigenvalue weighted by Crippen LogP contribution is 2.22. The maximum atomic E-state index is 13.9. The molecule has 8 heteroatoms. The van der Waals surface area contributed by atoms with Crippen LogP contribution in [0, 0.1) is 5.82 Å². The minimum Gasteiger partial charge on any atom is -0.465 e. The van der Waals surface area contributed by atoms with Crippen molar-refractivity contribution in [1.29, 1.82) is 0 Å². The summed E-state index contributed by atoms with van der Waals surface area (Å²) in [4.78, 5) is 14.4. The van der Waals surface area contributed by atoms with Crippen molar-refractivity contribution >= 4 is 17.6 Å². The molecular formula is C12H14ClFN4O2. The number of hydrogen-bond donors (Lipinski definition) is 1. The van der Waals surface area contributed by atoms with Crippen LogP contribution in [0.3, 0.4) is 0 Å². The Morgan fingerprint density at radius 1 is 1.65 bits per heavy atom. The van der Waals surface area contributed by atoms with Gasteiger partial charge >= 0.3 is 5.97 Å². The van der Waals surface area contributed by atoms with Crippen molar-refractivity contribution in [2.75, 3.05) is 19.7 Å². The molecule has 20 heavy (non-hydrogen) atoms. The zero-order valence-electron chi connectivity index (χ0n) is 10.8. The topological polar surface area (TPSA) is 87.1 Å². The molecule has 0 radical (unpaired) electrons. The fourth-order valence-corrected chi connectivity index (χ4v) is 1.74. The van der Waals surface area contributed by atoms with Gasteiger partial charge in [-0.1, -0.05) is 22.8 Å². The number of rotatable bonds is 7. The van der Waals surface area contributed by atoms with Crippen LogP contribution in [0.2, 0.25) is 5.02 Å². The Hall–Kier alpha value is -1.82. The first-order valence-electron chi connectivity index (χ1n) is 5.96. The van der Waals surface area contributed by atoms with Crippen molar-refractivity contribution in [3.8, 4) is 0 Å². The van der Waals surface area contributed by atoms with Crippen molar-refractivity contribution in [2.45, 2.75) is 13.0 Å². The molecule has 0 amide bonds. The number of carbonyl (C=O) groups excluding carboxylic acids is 1. The Morgan fingerprint density at radius 3 is 3.00 bits per heavy atom. The van der Waals surface area contributed by atoms with Gasteiger partial charge in [0, 0.05) is 28.6 Å². The summed E-state index contributed by atoms with van der Waals surface area (Å²) in [5.74, 6) is -1.21. The minimum atomic E-state index is -0.971. The van der Waals surface area contributed by atoms with E-state index in [1.54, 1.807) is 6.92 Å². The van der Waals surface area contributed by atoms with Crippen LogP contribution in [-0.2, 0) is 9.53 Å². The fourth-order valence-electron chi connectivity index (χ4n) is 1.59. The molecule has 1 N–H and O–H groups in total. The Bertz CT molecular complexity index is 520. The van der Waals surface area contributed by atoms with Crippen LogP contribution < -0.4 is 5.32 Å². The third kappa shape index (κ3) is 4.70. The van der Waals surface area contributed by atoms with Gasteiger partial charge in [0.1, 0.15) is 11.9 Å². The molecule has 6 nitrogen and oxygen atoms in total. The molecule has 0 aliphatic rings. The van der Waals surface area contributed by atoms with E-state index < -0.39 is 17.8 Å². The van der Waals surface area contributed by atoms with E-state index >= 15 is 0 Å². The Balaban J connectivity index is 2.90. The van der Waals surface area contributed by atoms with E-state index in [2.05, 4.69) is 15.3 Å². The second-order valence-electron chi connectivity index (χ2n) is 3.76. The molecule has 1 atom stereocenters. The van der Waals surface area contributed by atoms with Crippen LogP contribution >= 0.6 is 11.6 Å². The quantitative estimate of drug-likeness (QED) is 0.276. The molecule has 1 aromatic rings. The number of ether oxygens (including phenoxy) is 1. The van der Waals surface area contributed by atoms with Gasteiger partial charge in [-0.3, -0.25) is 0 Å². The summed E-state index contributed by atoms with van der Waals surface area (Å²) < 4.78 is 18.8. The second kappa shape index (κ2) is 8.37. The van der Waals surface area contributed by atoms with Crippen LogP contribution in [0.5, 0.6) is 0 Å². The van der Waals surface area contributed by atoms with Crippen LogP contribution in [0.1, 0.15) is 18.5 Å². The summed E-state index contributed by atoms with van der Waals surface area (Å²) in [5, 5.41) is 6.36. The molecule has 1 rings (SSSR count). The predicted octanol–water partition coefficient (Wildman–Crippen LogP) is 2.98. The third-order valence-corrected chi connectivity index (χ3v) is 2.65. The van der Waals surface area contributed by atoms with E-state index in [1.807, 2.05) is 0 Å². The maximum Gasteiger partial charge on any atom is 0.327 e. The van der Waals surface area contributed by atoms with Gasteiger partial charge in [-0.15, -0.1) is 0 Å². The first kappa shape index (κ1) is 16.2. The van der Waals surface area contributed by atoms with Gasteiger partial charge < -0.3 is 10.1 Å². The maximum absolute atomic E-state index is 13.9.